The number of nitrogens with two attached hydrogens (primary N) is 1. The van der Waals surface area contributed by atoms with Crippen LogP contribution in [0.3, 0.4) is 0 Å². The van der Waals surface area contributed by atoms with Crippen molar-refractivity contribution in [3.8, 4) is 0 Å². The zero-order valence-corrected chi connectivity index (χ0v) is 7.57. The summed E-state index contributed by atoms with van der Waals surface area (Å²) in [6.07, 6.45) is -0.0556. The maximum Gasteiger partial charge on any atom is 0.109 e. The molecule has 0 saturated carbocycles. The summed E-state index contributed by atoms with van der Waals surface area (Å²) in [5.41, 5.74) is 5.43. The molecule has 0 aliphatic rings. The lowest BCUT2D eigenvalue weighted by Gasteiger charge is -2.18. The van der Waals surface area contributed by atoms with Crippen molar-refractivity contribution in [3.63, 3.8) is 0 Å². The zero-order chi connectivity index (χ0) is 8.15. The third kappa shape index (κ3) is 3.13. The number of ether oxygens (including phenoxy) is 1. The second-order valence-electron chi connectivity index (χ2n) is 2.52. The third-order valence-corrected chi connectivity index (χ3v) is 1.46. The van der Waals surface area contributed by atoms with E-state index in [0.29, 0.717) is 17.5 Å². The van der Waals surface area contributed by atoms with Crippen LogP contribution in [0, 0.1) is 5.92 Å². The first kappa shape index (κ1) is 9.85. The predicted octanol–water partition coefficient (Wildman–Crippen LogP) is 1.33. The third-order valence-electron chi connectivity index (χ3n) is 1.23. The lowest BCUT2D eigenvalue weighted by atomic mass is 10.1. The molecule has 60 valence electrons. The molecule has 0 rings (SSSR count). The van der Waals surface area contributed by atoms with Gasteiger partial charge in [-0.2, -0.15) is 0 Å². The molecule has 1 unspecified atom stereocenters. The fraction of sp³-hybridized carbons (Fsp3) is 0.857. The van der Waals surface area contributed by atoms with Gasteiger partial charge in [-0.25, -0.2) is 0 Å². The Morgan fingerprint density at radius 3 is 2.20 bits per heavy atom. The Bertz CT molecular complexity index is 114. The average molecular weight is 161 g/mol. The molecule has 0 spiro atoms. The summed E-state index contributed by atoms with van der Waals surface area (Å²) in [5, 5.41) is 0. The highest BCUT2D eigenvalue weighted by molar-refractivity contribution is 7.80. The van der Waals surface area contributed by atoms with Crippen LogP contribution >= 0.6 is 12.2 Å². The van der Waals surface area contributed by atoms with Crippen LogP contribution in [0.5, 0.6) is 0 Å². The Hall–Kier alpha value is -0.150. The Morgan fingerprint density at radius 2 is 2.10 bits per heavy atom. The molecule has 0 amide bonds. The summed E-state index contributed by atoms with van der Waals surface area (Å²) >= 11 is 4.81. The monoisotopic (exact) mass is 161 g/mol. The van der Waals surface area contributed by atoms with E-state index in [4.69, 9.17) is 22.7 Å². The number of hydrogen-bond acceptors (Lipinski definition) is 2. The van der Waals surface area contributed by atoms with E-state index >= 15 is 0 Å². The van der Waals surface area contributed by atoms with Gasteiger partial charge in [0.05, 0.1) is 0 Å². The second-order valence-corrected chi connectivity index (χ2v) is 2.99. The summed E-state index contributed by atoms with van der Waals surface area (Å²) in [7, 11) is 0. The lowest BCUT2D eigenvalue weighted by Crippen LogP contribution is -2.33. The molecule has 0 fully saturated rings. The standard InChI is InChI=1S/C7H15NOS/c1-4-9-6(5(2)3)7(8)10/h5-6H,4H2,1-3H3,(H2,8,10). The quantitative estimate of drug-likeness (QED) is 0.632. The van der Waals surface area contributed by atoms with E-state index < -0.39 is 0 Å². The molecule has 0 radical (unpaired) electrons. The Kier molecular flexibility index (Phi) is 4.56. The van der Waals surface area contributed by atoms with Gasteiger partial charge < -0.3 is 10.5 Å². The van der Waals surface area contributed by atoms with Gasteiger partial charge in [0.1, 0.15) is 11.1 Å². The maximum absolute atomic E-state index is 5.43. The van der Waals surface area contributed by atoms with Crippen LogP contribution in [-0.4, -0.2) is 17.7 Å². The van der Waals surface area contributed by atoms with Crippen molar-refractivity contribution in [2.24, 2.45) is 11.7 Å². The molecule has 0 aromatic carbocycles. The molecule has 2 N–H and O–H groups in total. The Balaban J connectivity index is 3.85. The van der Waals surface area contributed by atoms with Crippen LogP contribution in [0.25, 0.3) is 0 Å². The van der Waals surface area contributed by atoms with Crippen molar-refractivity contribution in [3.05, 3.63) is 0 Å². The largest absolute Gasteiger partial charge is 0.391 e. The highest BCUT2D eigenvalue weighted by Gasteiger charge is 2.15. The van der Waals surface area contributed by atoms with Gasteiger partial charge in [0.25, 0.3) is 0 Å². The Morgan fingerprint density at radius 1 is 1.60 bits per heavy atom. The van der Waals surface area contributed by atoms with Gasteiger partial charge >= 0.3 is 0 Å². The van der Waals surface area contributed by atoms with Gasteiger partial charge in [0.15, 0.2) is 0 Å². The van der Waals surface area contributed by atoms with Gasteiger partial charge in [-0.1, -0.05) is 26.1 Å². The van der Waals surface area contributed by atoms with Gasteiger partial charge in [-0.05, 0) is 12.8 Å². The molecular weight excluding hydrogens is 146 g/mol. The van der Waals surface area contributed by atoms with Crippen molar-refractivity contribution < 1.29 is 4.74 Å². The lowest BCUT2D eigenvalue weighted by molar-refractivity contribution is 0.0792. The summed E-state index contributed by atoms with van der Waals surface area (Å²) in [6.45, 7) is 6.69. The minimum absolute atomic E-state index is 0.0556. The molecule has 0 saturated heterocycles. The number of rotatable bonds is 4. The zero-order valence-electron chi connectivity index (χ0n) is 6.76. The molecule has 0 bridgehead atoms. The smallest absolute Gasteiger partial charge is 0.109 e. The molecule has 3 heteroatoms. The molecule has 2 nitrogen and oxygen atoms in total. The van der Waals surface area contributed by atoms with E-state index in [-0.39, 0.29) is 6.10 Å². The molecule has 0 aromatic heterocycles. The van der Waals surface area contributed by atoms with Crippen LogP contribution in [0.1, 0.15) is 20.8 Å². The minimum Gasteiger partial charge on any atom is -0.391 e. The molecule has 0 heterocycles. The summed E-state index contributed by atoms with van der Waals surface area (Å²) < 4.78 is 5.30. The average Bonchev–Trinajstić information content (AvgIpc) is 1.81. The van der Waals surface area contributed by atoms with Gasteiger partial charge in [-0.3, -0.25) is 0 Å². The normalized spacial score (nSPS) is 13.6. The molecule has 1 atom stereocenters. The van der Waals surface area contributed by atoms with Crippen LogP contribution in [0.15, 0.2) is 0 Å². The minimum atomic E-state index is -0.0556. The summed E-state index contributed by atoms with van der Waals surface area (Å²) in [4.78, 5) is 0.455. The van der Waals surface area contributed by atoms with E-state index in [1.165, 1.54) is 0 Å². The van der Waals surface area contributed by atoms with Gasteiger partial charge in [0, 0.05) is 6.61 Å². The van der Waals surface area contributed by atoms with Crippen molar-refractivity contribution in [2.75, 3.05) is 6.61 Å². The van der Waals surface area contributed by atoms with Gasteiger partial charge in [0.2, 0.25) is 0 Å². The molecule has 0 aliphatic carbocycles. The Labute approximate surface area is 67.7 Å². The van der Waals surface area contributed by atoms with Crippen molar-refractivity contribution in [1.29, 1.82) is 0 Å². The van der Waals surface area contributed by atoms with E-state index in [9.17, 15) is 0 Å². The van der Waals surface area contributed by atoms with Crippen LogP contribution in [-0.2, 0) is 4.74 Å². The first-order valence-corrected chi connectivity index (χ1v) is 3.91. The van der Waals surface area contributed by atoms with E-state index in [1.54, 1.807) is 0 Å². The highest BCUT2D eigenvalue weighted by Crippen LogP contribution is 2.06. The summed E-state index contributed by atoms with van der Waals surface area (Å²) in [5.74, 6) is 0.373. The molecular formula is C7H15NOS. The first-order valence-electron chi connectivity index (χ1n) is 3.50. The molecule has 10 heavy (non-hydrogen) atoms. The van der Waals surface area contributed by atoms with Crippen LogP contribution < -0.4 is 5.73 Å². The maximum atomic E-state index is 5.43. The van der Waals surface area contributed by atoms with E-state index in [2.05, 4.69) is 0 Å². The molecule has 0 aromatic rings. The predicted molar refractivity (Wildman–Crippen MR) is 47.0 cm³/mol. The SMILES string of the molecule is CCOC(C(N)=S)C(C)C. The fourth-order valence-electron chi connectivity index (χ4n) is 0.783. The highest BCUT2D eigenvalue weighted by atomic mass is 32.1. The van der Waals surface area contributed by atoms with E-state index in [1.807, 2.05) is 20.8 Å². The second kappa shape index (κ2) is 4.63. The van der Waals surface area contributed by atoms with E-state index in [0.717, 1.165) is 0 Å². The molecule has 0 aliphatic heterocycles. The van der Waals surface area contributed by atoms with Crippen molar-refractivity contribution >= 4 is 17.2 Å². The topological polar surface area (TPSA) is 35.2 Å². The van der Waals surface area contributed by atoms with Crippen molar-refractivity contribution in [2.45, 2.75) is 26.9 Å². The van der Waals surface area contributed by atoms with Gasteiger partial charge in [-0.15, -0.1) is 0 Å². The van der Waals surface area contributed by atoms with Crippen LogP contribution in [0.2, 0.25) is 0 Å². The van der Waals surface area contributed by atoms with Crippen molar-refractivity contribution in [1.82, 2.24) is 0 Å². The first-order chi connectivity index (χ1) is 4.59. The fourth-order valence-corrected chi connectivity index (χ4v) is 1.12. The number of hydrogen-bond donors (Lipinski definition) is 1. The van der Waals surface area contributed by atoms with Crippen LogP contribution in [0.4, 0.5) is 0 Å². The summed E-state index contributed by atoms with van der Waals surface area (Å²) in [6, 6.07) is 0. The number of thiocarbonyl (C=S) groups is 1.